The average Bonchev–Trinajstić information content (AvgIpc) is 2.73. The third-order valence-corrected chi connectivity index (χ3v) is 6.25. The number of para-hydroxylation sites is 1. The van der Waals surface area contributed by atoms with Gasteiger partial charge in [-0.1, -0.05) is 53.0 Å². The number of unbranched alkanes of at least 4 members (excludes halogenated alkanes) is 2. The van der Waals surface area contributed by atoms with Crippen molar-refractivity contribution >= 4 is 43.5 Å². The van der Waals surface area contributed by atoms with Crippen molar-refractivity contribution in [2.45, 2.75) is 43.0 Å². The molecule has 10 heteroatoms. The van der Waals surface area contributed by atoms with Crippen LogP contribution in [0.25, 0.3) is 0 Å². The second-order valence-corrected chi connectivity index (χ2v) is 9.25. The summed E-state index contributed by atoms with van der Waals surface area (Å²) in [5, 5.41) is 11.2. The summed E-state index contributed by atoms with van der Waals surface area (Å²) in [6.07, 6.45) is 2.04. The summed E-state index contributed by atoms with van der Waals surface area (Å²) in [7, 11) is -3.92. The van der Waals surface area contributed by atoms with Crippen LogP contribution in [0.1, 0.15) is 32.1 Å². The summed E-state index contributed by atoms with van der Waals surface area (Å²) in [4.78, 5) is 23.9. The van der Waals surface area contributed by atoms with Gasteiger partial charge in [-0.2, -0.15) is 4.72 Å². The minimum atomic E-state index is -3.92. The van der Waals surface area contributed by atoms with Crippen LogP contribution in [-0.2, 0) is 19.6 Å². The predicted molar refractivity (Wildman–Crippen MR) is 116 cm³/mol. The number of sulfonamides is 1. The van der Waals surface area contributed by atoms with E-state index in [1.165, 1.54) is 12.1 Å². The summed E-state index contributed by atoms with van der Waals surface area (Å²) in [6, 6.07) is 14.0. The summed E-state index contributed by atoms with van der Waals surface area (Å²) in [5.41, 5.74) is 2.13. The fourth-order valence-corrected chi connectivity index (χ4v) is 4.58. The fraction of sp³-hybridized carbons (Fsp3) is 0.300. The highest BCUT2D eigenvalue weighted by molar-refractivity contribution is 9.10. The highest BCUT2D eigenvalue weighted by Gasteiger charge is 2.25. The number of hydroxylamine groups is 1. The normalized spacial score (nSPS) is 12.2. The third kappa shape index (κ3) is 7.86. The molecule has 0 radical (unpaired) electrons. The van der Waals surface area contributed by atoms with Crippen molar-refractivity contribution in [3.05, 3.63) is 59.1 Å². The number of nitrogens with one attached hydrogen (secondary N) is 3. The van der Waals surface area contributed by atoms with Crippen molar-refractivity contribution in [2.24, 2.45) is 0 Å². The first-order valence-corrected chi connectivity index (χ1v) is 11.7. The summed E-state index contributed by atoms with van der Waals surface area (Å²) < 4.78 is 28.6. The molecule has 8 nitrogen and oxygen atoms in total. The van der Waals surface area contributed by atoms with Gasteiger partial charge >= 0.3 is 0 Å². The number of rotatable bonds is 11. The van der Waals surface area contributed by atoms with Gasteiger partial charge in [0.1, 0.15) is 6.04 Å². The molecule has 0 saturated carbocycles. The molecule has 0 fully saturated rings. The Kier molecular flexibility index (Phi) is 9.44. The van der Waals surface area contributed by atoms with Gasteiger partial charge in [-0.3, -0.25) is 14.8 Å². The molecule has 0 saturated heterocycles. The van der Waals surface area contributed by atoms with Gasteiger partial charge in [-0.25, -0.2) is 13.9 Å². The van der Waals surface area contributed by atoms with Crippen LogP contribution < -0.4 is 15.5 Å². The Labute approximate surface area is 184 Å². The standard InChI is InChI=1S/C20H24BrN3O5S/c21-15-8-7-11-17(14-15)30(28,29)24-18(12-5-2-6-13-19(25)23-27)20(26)22-16-9-3-1-4-10-16/h1,3-4,7-11,14,18,24,27H,2,5-6,12-13H2,(H,22,26)(H,23,25)/t18-/m0/s1. The fourth-order valence-electron chi connectivity index (χ4n) is 2.75. The van der Waals surface area contributed by atoms with Crippen molar-refractivity contribution in [2.75, 3.05) is 5.32 Å². The molecule has 2 amide bonds. The molecular formula is C20H24BrN3O5S. The Morgan fingerprint density at radius 1 is 1.00 bits per heavy atom. The van der Waals surface area contributed by atoms with Gasteiger partial charge in [0.15, 0.2) is 0 Å². The molecule has 1 atom stereocenters. The highest BCUT2D eigenvalue weighted by atomic mass is 79.9. The second kappa shape index (κ2) is 11.8. The van der Waals surface area contributed by atoms with Gasteiger partial charge in [0.2, 0.25) is 21.8 Å². The molecule has 162 valence electrons. The van der Waals surface area contributed by atoms with E-state index < -0.39 is 27.9 Å². The number of halogens is 1. The van der Waals surface area contributed by atoms with Crippen LogP contribution in [0.5, 0.6) is 0 Å². The monoisotopic (exact) mass is 497 g/mol. The molecule has 0 unspecified atom stereocenters. The summed E-state index contributed by atoms with van der Waals surface area (Å²) >= 11 is 3.25. The molecule has 0 spiro atoms. The smallest absolute Gasteiger partial charge is 0.243 e. The lowest BCUT2D eigenvalue weighted by Gasteiger charge is -2.19. The third-order valence-electron chi connectivity index (χ3n) is 4.28. The zero-order valence-corrected chi connectivity index (χ0v) is 18.6. The van der Waals surface area contributed by atoms with E-state index in [1.54, 1.807) is 41.9 Å². The van der Waals surface area contributed by atoms with Crippen molar-refractivity contribution in [3.8, 4) is 0 Å². The molecule has 2 aromatic rings. The lowest BCUT2D eigenvalue weighted by atomic mass is 10.1. The molecule has 2 aromatic carbocycles. The first kappa shape index (κ1) is 24.0. The average molecular weight is 498 g/mol. The number of hydrogen-bond acceptors (Lipinski definition) is 5. The molecule has 0 aromatic heterocycles. The number of hydrogen-bond donors (Lipinski definition) is 4. The quantitative estimate of drug-likeness (QED) is 0.215. The minimum absolute atomic E-state index is 0.0500. The van der Waals surface area contributed by atoms with E-state index in [4.69, 9.17) is 5.21 Å². The van der Waals surface area contributed by atoms with Crippen LogP contribution in [0.4, 0.5) is 5.69 Å². The van der Waals surface area contributed by atoms with Crippen LogP contribution in [0.3, 0.4) is 0 Å². The Bertz CT molecular complexity index is 954. The Hall–Kier alpha value is -2.27. The first-order chi connectivity index (χ1) is 14.3. The van der Waals surface area contributed by atoms with E-state index in [9.17, 15) is 18.0 Å². The lowest BCUT2D eigenvalue weighted by molar-refractivity contribution is -0.129. The van der Waals surface area contributed by atoms with Crippen LogP contribution in [0.2, 0.25) is 0 Å². The Balaban J connectivity index is 2.07. The SMILES string of the molecule is O=C(CCCCC[C@H](NS(=O)(=O)c1cccc(Br)c1)C(=O)Nc1ccccc1)NO. The largest absolute Gasteiger partial charge is 0.325 e. The molecule has 2 rings (SSSR count). The van der Waals surface area contributed by atoms with Crippen LogP contribution in [-0.4, -0.2) is 31.5 Å². The van der Waals surface area contributed by atoms with Gasteiger partial charge in [-0.15, -0.1) is 0 Å². The number of carbonyl (C=O) groups is 2. The van der Waals surface area contributed by atoms with Crippen LogP contribution in [0.15, 0.2) is 64.0 Å². The second-order valence-electron chi connectivity index (χ2n) is 6.62. The molecule has 0 heterocycles. The van der Waals surface area contributed by atoms with Crippen LogP contribution in [0, 0.1) is 0 Å². The van der Waals surface area contributed by atoms with Gasteiger partial charge in [0.05, 0.1) is 4.90 Å². The summed E-state index contributed by atoms with van der Waals surface area (Å²) in [6.45, 7) is 0. The molecule has 0 bridgehead atoms. The number of anilines is 1. The molecular weight excluding hydrogens is 474 g/mol. The molecule has 30 heavy (non-hydrogen) atoms. The van der Waals surface area contributed by atoms with Gasteiger partial charge in [-0.05, 0) is 43.2 Å². The van der Waals surface area contributed by atoms with E-state index in [0.29, 0.717) is 29.4 Å². The van der Waals surface area contributed by atoms with Crippen molar-refractivity contribution in [3.63, 3.8) is 0 Å². The van der Waals surface area contributed by atoms with Crippen molar-refractivity contribution in [1.29, 1.82) is 0 Å². The lowest BCUT2D eigenvalue weighted by Crippen LogP contribution is -2.43. The van der Waals surface area contributed by atoms with E-state index in [-0.39, 0.29) is 17.7 Å². The van der Waals surface area contributed by atoms with E-state index >= 15 is 0 Å². The molecule has 0 aliphatic carbocycles. The molecule has 4 N–H and O–H groups in total. The van der Waals surface area contributed by atoms with Crippen molar-refractivity contribution in [1.82, 2.24) is 10.2 Å². The summed E-state index contributed by atoms with van der Waals surface area (Å²) in [5.74, 6) is -0.948. The maximum atomic E-state index is 12.8. The Morgan fingerprint density at radius 2 is 1.73 bits per heavy atom. The molecule has 0 aliphatic heterocycles. The highest BCUT2D eigenvalue weighted by Crippen LogP contribution is 2.18. The van der Waals surface area contributed by atoms with E-state index in [2.05, 4.69) is 26.0 Å². The molecule has 0 aliphatic rings. The minimum Gasteiger partial charge on any atom is -0.325 e. The van der Waals surface area contributed by atoms with Crippen LogP contribution >= 0.6 is 15.9 Å². The first-order valence-electron chi connectivity index (χ1n) is 9.38. The predicted octanol–water partition coefficient (Wildman–Crippen LogP) is 3.19. The van der Waals surface area contributed by atoms with Gasteiger partial charge in [0, 0.05) is 16.6 Å². The number of benzene rings is 2. The topological polar surface area (TPSA) is 125 Å². The van der Waals surface area contributed by atoms with E-state index in [1.807, 2.05) is 6.07 Å². The van der Waals surface area contributed by atoms with Crippen molar-refractivity contribution < 1.29 is 23.2 Å². The van der Waals surface area contributed by atoms with Gasteiger partial charge in [0.25, 0.3) is 0 Å². The maximum absolute atomic E-state index is 12.8. The zero-order valence-electron chi connectivity index (χ0n) is 16.2. The van der Waals surface area contributed by atoms with E-state index in [0.717, 1.165) is 0 Å². The van der Waals surface area contributed by atoms with Gasteiger partial charge < -0.3 is 5.32 Å². The maximum Gasteiger partial charge on any atom is 0.243 e. The zero-order chi connectivity index (χ0) is 22.0. The number of carbonyl (C=O) groups excluding carboxylic acids is 2. The Morgan fingerprint density at radius 3 is 2.40 bits per heavy atom. The number of amides is 2.